The first-order chi connectivity index (χ1) is 9.23. The number of ether oxygens (including phenoxy) is 1. The van der Waals surface area contributed by atoms with Gasteiger partial charge in [0.25, 0.3) is 0 Å². The van der Waals surface area contributed by atoms with Crippen molar-refractivity contribution < 1.29 is 9.53 Å². The van der Waals surface area contributed by atoms with E-state index in [2.05, 4.69) is 10.2 Å². The van der Waals surface area contributed by atoms with E-state index in [4.69, 9.17) is 4.74 Å². The summed E-state index contributed by atoms with van der Waals surface area (Å²) < 4.78 is 5.03. The van der Waals surface area contributed by atoms with Crippen LogP contribution in [0.15, 0.2) is 30.3 Å². The van der Waals surface area contributed by atoms with Gasteiger partial charge in [0.1, 0.15) is 5.54 Å². The molecule has 1 saturated carbocycles. The molecular formula is C15H20N2O2. The zero-order valence-corrected chi connectivity index (χ0v) is 11.3. The Labute approximate surface area is 113 Å². The van der Waals surface area contributed by atoms with E-state index in [0.717, 1.165) is 25.2 Å². The second kappa shape index (κ2) is 4.85. The second-order valence-electron chi connectivity index (χ2n) is 5.52. The molecule has 0 spiro atoms. The second-order valence-corrected chi connectivity index (χ2v) is 5.52. The number of benzene rings is 1. The minimum atomic E-state index is -0.585. The molecule has 2 aliphatic rings. The van der Waals surface area contributed by atoms with E-state index in [0.29, 0.717) is 6.04 Å². The monoisotopic (exact) mass is 260 g/mol. The number of hydrogen-bond acceptors (Lipinski definition) is 4. The molecule has 0 bridgehead atoms. The van der Waals surface area contributed by atoms with Crippen LogP contribution in [0.25, 0.3) is 0 Å². The van der Waals surface area contributed by atoms with E-state index in [9.17, 15) is 4.79 Å². The average Bonchev–Trinajstić information content (AvgIpc) is 3.21. The normalized spacial score (nSPS) is 27.2. The Balaban J connectivity index is 1.79. The van der Waals surface area contributed by atoms with E-state index in [1.165, 1.54) is 20.0 Å². The molecule has 1 aromatic rings. The van der Waals surface area contributed by atoms with E-state index in [-0.39, 0.29) is 5.97 Å². The Morgan fingerprint density at radius 2 is 2.11 bits per heavy atom. The molecule has 4 heteroatoms. The van der Waals surface area contributed by atoms with Crippen LogP contribution >= 0.6 is 0 Å². The molecule has 1 saturated heterocycles. The van der Waals surface area contributed by atoms with Gasteiger partial charge >= 0.3 is 5.97 Å². The molecule has 1 aliphatic carbocycles. The maximum absolute atomic E-state index is 12.2. The predicted octanol–water partition coefficient (Wildman–Crippen LogP) is 1.88. The summed E-state index contributed by atoms with van der Waals surface area (Å²) in [5, 5.41) is 3.40. The number of nitrogens with one attached hydrogen (secondary N) is 1. The van der Waals surface area contributed by atoms with Crippen LogP contribution in [0, 0.1) is 0 Å². The van der Waals surface area contributed by atoms with Crippen molar-refractivity contribution in [3.63, 3.8) is 0 Å². The van der Waals surface area contributed by atoms with E-state index >= 15 is 0 Å². The SMILES string of the molecule is COC(=O)C1(Nc2ccccc2)CCN(C2CC2)C1. The lowest BCUT2D eigenvalue weighted by molar-refractivity contribution is -0.145. The lowest BCUT2D eigenvalue weighted by Crippen LogP contribution is -2.49. The number of nitrogens with zero attached hydrogens (tertiary/aromatic N) is 1. The Kier molecular flexibility index (Phi) is 3.19. The van der Waals surface area contributed by atoms with Crippen molar-refractivity contribution in [2.24, 2.45) is 0 Å². The lowest BCUT2D eigenvalue weighted by atomic mass is 9.98. The van der Waals surface area contributed by atoms with Crippen LogP contribution in [0.5, 0.6) is 0 Å². The van der Waals surface area contributed by atoms with E-state index in [1.54, 1.807) is 0 Å². The number of rotatable bonds is 4. The van der Waals surface area contributed by atoms with Crippen LogP contribution < -0.4 is 5.32 Å². The van der Waals surface area contributed by atoms with E-state index < -0.39 is 5.54 Å². The highest BCUT2D eigenvalue weighted by atomic mass is 16.5. The average molecular weight is 260 g/mol. The van der Waals surface area contributed by atoms with E-state index in [1.807, 2.05) is 30.3 Å². The minimum Gasteiger partial charge on any atom is -0.467 e. The first-order valence-electron chi connectivity index (χ1n) is 6.89. The zero-order valence-electron chi connectivity index (χ0n) is 11.3. The van der Waals surface area contributed by atoms with Gasteiger partial charge in [0.2, 0.25) is 0 Å². The van der Waals surface area contributed by atoms with Gasteiger partial charge in [-0.2, -0.15) is 0 Å². The fourth-order valence-electron chi connectivity index (χ4n) is 2.90. The summed E-state index contributed by atoms with van der Waals surface area (Å²) in [7, 11) is 1.47. The summed E-state index contributed by atoms with van der Waals surface area (Å²) in [6.07, 6.45) is 3.34. The highest BCUT2D eigenvalue weighted by Gasteiger charge is 2.48. The molecule has 1 aromatic carbocycles. The maximum atomic E-state index is 12.2. The number of esters is 1. The molecule has 1 atom stereocenters. The largest absolute Gasteiger partial charge is 0.467 e. The Morgan fingerprint density at radius 3 is 2.74 bits per heavy atom. The topological polar surface area (TPSA) is 41.6 Å². The van der Waals surface area contributed by atoms with Gasteiger partial charge in [-0.1, -0.05) is 18.2 Å². The van der Waals surface area contributed by atoms with Gasteiger partial charge in [0.05, 0.1) is 7.11 Å². The summed E-state index contributed by atoms with van der Waals surface area (Å²) in [6.45, 7) is 1.72. The molecule has 19 heavy (non-hydrogen) atoms. The van der Waals surface area contributed by atoms with Crippen molar-refractivity contribution in [3.05, 3.63) is 30.3 Å². The smallest absolute Gasteiger partial charge is 0.332 e. The van der Waals surface area contributed by atoms with Crippen LogP contribution in [-0.4, -0.2) is 42.6 Å². The molecule has 1 N–H and O–H groups in total. The van der Waals surface area contributed by atoms with Crippen molar-refractivity contribution in [1.29, 1.82) is 0 Å². The van der Waals surface area contributed by atoms with Crippen molar-refractivity contribution in [2.75, 3.05) is 25.5 Å². The van der Waals surface area contributed by atoms with Gasteiger partial charge in [-0.15, -0.1) is 0 Å². The first-order valence-corrected chi connectivity index (χ1v) is 6.89. The summed E-state index contributed by atoms with van der Waals surface area (Å²) in [5.74, 6) is -0.153. The van der Waals surface area contributed by atoms with Gasteiger partial charge in [0.15, 0.2) is 0 Å². The molecule has 2 fully saturated rings. The standard InChI is InChI=1S/C15H20N2O2/c1-19-14(18)15(16-12-5-3-2-4-6-12)9-10-17(11-15)13-7-8-13/h2-6,13,16H,7-11H2,1H3. The Bertz CT molecular complexity index is 458. The predicted molar refractivity (Wildman–Crippen MR) is 74.0 cm³/mol. The van der Waals surface area contributed by atoms with Crippen LogP contribution in [0.3, 0.4) is 0 Å². The van der Waals surface area contributed by atoms with Crippen LogP contribution in [0.4, 0.5) is 5.69 Å². The quantitative estimate of drug-likeness (QED) is 0.839. The molecule has 0 aromatic heterocycles. The molecule has 1 unspecified atom stereocenters. The van der Waals surface area contributed by atoms with Crippen LogP contribution in [0.1, 0.15) is 19.3 Å². The number of para-hydroxylation sites is 1. The Morgan fingerprint density at radius 1 is 1.37 bits per heavy atom. The van der Waals surface area contributed by atoms with Crippen molar-refractivity contribution in [3.8, 4) is 0 Å². The lowest BCUT2D eigenvalue weighted by Gasteiger charge is -2.29. The number of anilines is 1. The number of likely N-dealkylation sites (tertiary alicyclic amines) is 1. The zero-order chi connectivity index (χ0) is 13.3. The summed E-state index contributed by atoms with van der Waals surface area (Å²) in [6, 6.07) is 10.6. The van der Waals surface area contributed by atoms with Crippen molar-refractivity contribution in [2.45, 2.75) is 30.8 Å². The molecular weight excluding hydrogens is 240 g/mol. The number of carbonyl (C=O) groups excluding carboxylic acids is 1. The minimum absolute atomic E-state index is 0.153. The van der Waals surface area contributed by atoms with Crippen LogP contribution in [-0.2, 0) is 9.53 Å². The van der Waals surface area contributed by atoms with Gasteiger partial charge in [-0.25, -0.2) is 4.79 Å². The van der Waals surface area contributed by atoms with Gasteiger partial charge < -0.3 is 10.1 Å². The highest BCUT2D eigenvalue weighted by molar-refractivity contribution is 5.85. The molecule has 1 aliphatic heterocycles. The van der Waals surface area contributed by atoms with Crippen molar-refractivity contribution >= 4 is 11.7 Å². The first kappa shape index (κ1) is 12.5. The third-order valence-corrected chi connectivity index (χ3v) is 4.10. The molecule has 4 nitrogen and oxygen atoms in total. The number of carbonyl (C=O) groups is 1. The summed E-state index contributed by atoms with van der Waals surface area (Å²) in [4.78, 5) is 14.6. The van der Waals surface area contributed by atoms with Crippen molar-refractivity contribution in [1.82, 2.24) is 4.90 Å². The third kappa shape index (κ3) is 2.45. The van der Waals surface area contributed by atoms with Gasteiger partial charge in [0, 0.05) is 24.8 Å². The number of methoxy groups -OCH3 is 1. The van der Waals surface area contributed by atoms with Gasteiger partial charge in [-0.3, -0.25) is 4.90 Å². The molecule has 3 rings (SSSR count). The maximum Gasteiger partial charge on any atom is 0.332 e. The Hall–Kier alpha value is -1.55. The molecule has 0 radical (unpaired) electrons. The fraction of sp³-hybridized carbons (Fsp3) is 0.533. The molecule has 0 amide bonds. The number of hydrogen-bond donors (Lipinski definition) is 1. The summed E-state index contributed by atoms with van der Waals surface area (Å²) in [5.41, 5.74) is 0.393. The fourth-order valence-corrected chi connectivity index (χ4v) is 2.90. The third-order valence-electron chi connectivity index (χ3n) is 4.10. The molecule has 102 valence electrons. The van der Waals surface area contributed by atoms with Crippen LogP contribution in [0.2, 0.25) is 0 Å². The van der Waals surface area contributed by atoms with Gasteiger partial charge in [-0.05, 0) is 31.4 Å². The summed E-state index contributed by atoms with van der Waals surface area (Å²) >= 11 is 0. The molecule has 1 heterocycles. The highest BCUT2D eigenvalue weighted by Crippen LogP contribution is 2.35.